The first-order chi connectivity index (χ1) is 12.0. The van der Waals surface area contributed by atoms with Gasteiger partial charge in [0.1, 0.15) is 0 Å². The van der Waals surface area contributed by atoms with E-state index in [9.17, 15) is 9.59 Å². The summed E-state index contributed by atoms with van der Waals surface area (Å²) < 4.78 is 0. The van der Waals surface area contributed by atoms with Gasteiger partial charge >= 0.3 is 0 Å². The average Bonchev–Trinajstić information content (AvgIpc) is 3.07. The predicted molar refractivity (Wildman–Crippen MR) is 102 cm³/mol. The smallest absolute Gasteiger partial charge is 0.227 e. The van der Waals surface area contributed by atoms with Gasteiger partial charge in [0.05, 0.1) is 6.42 Å². The molecule has 1 aliphatic heterocycles. The van der Waals surface area contributed by atoms with Crippen LogP contribution in [0.2, 0.25) is 0 Å². The van der Waals surface area contributed by atoms with Crippen LogP contribution >= 0.6 is 11.3 Å². The van der Waals surface area contributed by atoms with Gasteiger partial charge in [-0.3, -0.25) is 9.59 Å². The largest absolute Gasteiger partial charge is 0.342 e. The van der Waals surface area contributed by atoms with E-state index in [2.05, 4.69) is 11.4 Å². The van der Waals surface area contributed by atoms with E-state index in [1.807, 2.05) is 48.4 Å². The molecule has 2 heterocycles. The highest BCUT2D eigenvalue weighted by Gasteiger charge is 2.27. The van der Waals surface area contributed by atoms with E-state index < -0.39 is 0 Å². The second-order valence-electron chi connectivity index (χ2n) is 6.78. The second-order valence-corrected chi connectivity index (χ2v) is 7.81. The Bertz CT molecular complexity index is 727. The molecule has 5 heteroatoms. The van der Waals surface area contributed by atoms with Crippen molar-refractivity contribution in [2.75, 3.05) is 18.4 Å². The summed E-state index contributed by atoms with van der Waals surface area (Å²) in [6, 6.07) is 10.0. The molecule has 0 radical (unpaired) electrons. The van der Waals surface area contributed by atoms with Crippen molar-refractivity contribution < 1.29 is 9.59 Å². The Morgan fingerprint density at radius 1 is 1.16 bits per heavy atom. The Hall–Kier alpha value is -2.14. The van der Waals surface area contributed by atoms with Crippen molar-refractivity contribution in [3.05, 3.63) is 51.7 Å². The van der Waals surface area contributed by atoms with Crippen molar-refractivity contribution in [3.8, 4) is 0 Å². The Morgan fingerprint density at radius 2 is 1.84 bits per heavy atom. The number of nitrogens with zero attached hydrogens (tertiary/aromatic N) is 1. The van der Waals surface area contributed by atoms with Crippen LogP contribution < -0.4 is 5.32 Å². The van der Waals surface area contributed by atoms with Crippen LogP contribution in [0.15, 0.2) is 35.7 Å². The number of amides is 2. The van der Waals surface area contributed by atoms with E-state index in [1.165, 1.54) is 0 Å². The number of hydrogen-bond donors (Lipinski definition) is 1. The lowest BCUT2D eigenvalue weighted by molar-refractivity contribution is -0.133. The third kappa shape index (κ3) is 4.69. The van der Waals surface area contributed by atoms with E-state index in [-0.39, 0.29) is 17.7 Å². The van der Waals surface area contributed by atoms with Crippen LogP contribution in [0.25, 0.3) is 0 Å². The minimum Gasteiger partial charge on any atom is -0.342 e. The van der Waals surface area contributed by atoms with Crippen molar-refractivity contribution in [2.45, 2.75) is 33.1 Å². The lowest BCUT2D eigenvalue weighted by atomic mass is 9.95. The lowest BCUT2D eigenvalue weighted by Crippen LogP contribution is -2.42. The normalized spacial score (nSPS) is 15.2. The molecule has 0 spiro atoms. The van der Waals surface area contributed by atoms with E-state index in [0.29, 0.717) is 19.5 Å². The molecule has 4 nitrogen and oxygen atoms in total. The number of anilines is 1. The molecule has 1 N–H and O–H groups in total. The summed E-state index contributed by atoms with van der Waals surface area (Å²) in [6.07, 6.45) is 1.93. The number of thiophene rings is 1. The first kappa shape index (κ1) is 17.7. The third-order valence-corrected chi connectivity index (χ3v) is 5.49. The van der Waals surface area contributed by atoms with E-state index in [4.69, 9.17) is 0 Å². The summed E-state index contributed by atoms with van der Waals surface area (Å²) in [5, 5.41) is 5.03. The molecule has 0 atom stereocenters. The number of benzene rings is 1. The Kier molecular flexibility index (Phi) is 5.53. The average molecular weight is 356 g/mol. The zero-order valence-corrected chi connectivity index (χ0v) is 15.6. The van der Waals surface area contributed by atoms with Crippen LogP contribution in [0.4, 0.5) is 5.69 Å². The topological polar surface area (TPSA) is 49.4 Å². The van der Waals surface area contributed by atoms with Gasteiger partial charge in [-0.25, -0.2) is 0 Å². The quantitative estimate of drug-likeness (QED) is 0.906. The molecule has 1 aromatic carbocycles. The molecule has 1 saturated heterocycles. The van der Waals surface area contributed by atoms with E-state index in [0.717, 1.165) is 34.5 Å². The van der Waals surface area contributed by atoms with Gasteiger partial charge in [0.2, 0.25) is 11.8 Å². The van der Waals surface area contributed by atoms with Gasteiger partial charge in [0.25, 0.3) is 0 Å². The van der Waals surface area contributed by atoms with Gasteiger partial charge in [0.15, 0.2) is 0 Å². The molecule has 2 aromatic rings. The molecule has 0 unspecified atom stereocenters. The first-order valence-corrected chi connectivity index (χ1v) is 9.58. The molecule has 1 fully saturated rings. The van der Waals surface area contributed by atoms with Gasteiger partial charge < -0.3 is 10.2 Å². The Labute approximate surface area is 152 Å². The van der Waals surface area contributed by atoms with E-state index >= 15 is 0 Å². The highest BCUT2D eigenvalue weighted by Crippen LogP contribution is 2.22. The molecule has 0 aliphatic carbocycles. The monoisotopic (exact) mass is 356 g/mol. The molecule has 1 aromatic heterocycles. The molecule has 2 amide bonds. The lowest BCUT2D eigenvalue weighted by Gasteiger charge is -2.31. The number of carbonyl (C=O) groups is 2. The standard InChI is InChI=1S/C20H24N2O2S/c1-14-10-15(2)12-17(11-14)21-20(24)16-5-7-22(8-6-16)19(23)13-18-4-3-9-25-18/h3-4,9-12,16H,5-8,13H2,1-2H3,(H,21,24). The summed E-state index contributed by atoms with van der Waals surface area (Å²) in [5.74, 6) is 0.206. The zero-order chi connectivity index (χ0) is 17.8. The maximum absolute atomic E-state index is 12.5. The van der Waals surface area contributed by atoms with Gasteiger partial charge in [-0.2, -0.15) is 0 Å². The summed E-state index contributed by atoms with van der Waals surface area (Å²) in [5.41, 5.74) is 3.15. The number of carbonyl (C=O) groups excluding carboxylic acids is 2. The highest BCUT2D eigenvalue weighted by atomic mass is 32.1. The minimum absolute atomic E-state index is 0.0217. The Balaban J connectivity index is 1.51. The molecule has 1 aliphatic rings. The highest BCUT2D eigenvalue weighted by molar-refractivity contribution is 7.10. The minimum atomic E-state index is -0.0217. The maximum atomic E-state index is 12.5. The predicted octanol–water partition coefficient (Wildman–Crippen LogP) is 3.78. The molecule has 3 rings (SSSR count). The fourth-order valence-electron chi connectivity index (χ4n) is 3.36. The second kappa shape index (κ2) is 7.83. The van der Waals surface area contributed by atoms with Crippen molar-refractivity contribution in [2.24, 2.45) is 5.92 Å². The van der Waals surface area contributed by atoms with E-state index in [1.54, 1.807) is 11.3 Å². The zero-order valence-electron chi connectivity index (χ0n) is 14.7. The number of nitrogens with one attached hydrogen (secondary N) is 1. The third-order valence-electron chi connectivity index (χ3n) is 4.61. The number of aryl methyl sites for hydroxylation is 2. The number of rotatable bonds is 4. The molecular weight excluding hydrogens is 332 g/mol. The van der Waals surface area contributed by atoms with Gasteiger partial charge in [-0.15, -0.1) is 11.3 Å². The molecular formula is C20H24N2O2S. The van der Waals surface area contributed by atoms with Crippen molar-refractivity contribution in [3.63, 3.8) is 0 Å². The van der Waals surface area contributed by atoms with Crippen LogP contribution in [-0.4, -0.2) is 29.8 Å². The van der Waals surface area contributed by atoms with Crippen LogP contribution in [0.3, 0.4) is 0 Å². The maximum Gasteiger partial charge on any atom is 0.227 e. The summed E-state index contributed by atoms with van der Waals surface area (Å²) in [6.45, 7) is 5.38. The molecule has 132 valence electrons. The van der Waals surface area contributed by atoms with Crippen LogP contribution in [-0.2, 0) is 16.0 Å². The molecule has 0 bridgehead atoms. The van der Waals surface area contributed by atoms with Crippen LogP contribution in [0.1, 0.15) is 28.8 Å². The van der Waals surface area contributed by atoms with Crippen molar-refractivity contribution in [1.82, 2.24) is 4.90 Å². The molecule has 25 heavy (non-hydrogen) atoms. The number of piperidine rings is 1. The van der Waals surface area contributed by atoms with Crippen molar-refractivity contribution in [1.29, 1.82) is 0 Å². The summed E-state index contributed by atoms with van der Waals surface area (Å²) >= 11 is 1.61. The Morgan fingerprint density at radius 3 is 2.44 bits per heavy atom. The first-order valence-electron chi connectivity index (χ1n) is 8.70. The van der Waals surface area contributed by atoms with Gasteiger partial charge in [0, 0.05) is 29.6 Å². The SMILES string of the molecule is Cc1cc(C)cc(NC(=O)C2CCN(C(=O)Cc3cccs3)CC2)c1. The van der Waals surface area contributed by atoms with Crippen LogP contribution in [0.5, 0.6) is 0 Å². The van der Waals surface area contributed by atoms with Gasteiger partial charge in [-0.05, 0) is 61.4 Å². The number of hydrogen-bond acceptors (Lipinski definition) is 3. The van der Waals surface area contributed by atoms with Crippen LogP contribution in [0, 0.1) is 19.8 Å². The summed E-state index contributed by atoms with van der Waals surface area (Å²) in [7, 11) is 0. The molecule has 0 saturated carbocycles. The van der Waals surface area contributed by atoms with Crippen molar-refractivity contribution >= 4 is 28.8 Å². The summed E-state index contributed by atoms with van der Waals surface area (Å²) in [4.78, 5) is 27.8. The number of likely N-dealkylation sites (tertiary alicyclic amines) is 1. The fourth-order valence-corrected chi connectivity index (χ4v) is 4.05. The fraction of sp³-hybridized carbons (Fsp3) is 0.400. The van der Waals surface area contributed by atoms with Gasteiger partial charge in [-0.1, -0.05) is 12.1 Å².